The van der Waals surface area contributed by atoms with Gasteiger partial charge in [-0.05, 0) is 61.4 Å². The SMILES string of the molecule is CCOc1cc(CN2CCCC(CNC(=O)c3cccs3)C2)ccc1OC. The van der Waals surface area contributed by atoms with Gasteiger partial charge in [0.25, 0.3) is 5.91 Å². The van der Waals surface area contributed by atoms with Crippen molar-refractivity contribution >= 4 is 17.2 Å². The molecule has 0 spiro atoms. The van der Waals surface area contributed by atoms with Crippen LogP contribution in [0.3, 0.4) is 0 Å². The van der Waals surface area contributed by atoms with Gasteiger partial charge in [0.05, 0.1) is 18.6 Å². The number of thiophene rings is 1. The van der Waals surface area contributed by atoms with Crippen LogP contribution in [-0.2, 0) is 6.54 Å². The van der Waals surface area contributed by atoms with Crippen LogP contribution in [0.25, 0.3) is 0 Å². The van der Waals surface area contributed by atoms with Gasteiger partial charge >= 0.3 is 0 Å². The molecule has 5 nitrogen and oxygen atoms in total. The first kappa shape index (κ1) is 19.7. The number of carbonyl (C=O) groups is 1. The standard InChI is InChI=1S/C21H28N2O3S/c1-3-26-19-12-16(8-9-18(19)25-2)14-23-10-4-6-17(15-23)13-22-21(24)20-7-5-11-27-20/h5,7-9,11-12,17H,3-4,6,10,13-15H2,1-2H3,(H,22,24). The molecule has 1 unspecified atom stereocenters. The number of methoxy groups -OCH3 is 1. The third-order valence-corrected chi connectivity index (χ3v) is 5.70. The predicted molar refractivity (Wildman–Crippen MR) is 109 cm³/mol. The third kappa shape index (κ3) is 5.47. The topological polar surface area (TPSA) is 50.8 Å². The van der Waals surface area contributed by atoms with E-state index in [0.29, 0.717) is 12.5 Å². The van der Waals surface area contributed by atoms with Crippen molar-refractivity contribution in [1.29, 1.82) is 0 Å². The summed E-state index contributed by atoms with van der Waals surface area (Å²) in [6.07, 6.45) is 2.32. The second kappa shape index (κ2) is 9.76. The molecule has 6 heteroatoms. The largest absolute Gasteiger partial charge is 0.493 e. The summed E-state index contributed by atoms with van der Waals surface area (Å²) >= 11 is 1.48. The van der Waals surface area contributed by atoms with Gasteiger partial charge in [-0.3, -0.25) is 9.69 Å². The number of carbonyl (C=O) groups excluding carboxylic acids is 1. The van der Waals surface area contributed by atoms with E-state index in [-0.39, 0.29) is 5.91 Å². The number of ether oxygens (including phenoxy) is 2. The Labute approximate surface area is 165 Å². The van der Waals surface area contributed by atoms with Gasteiger partial charge in [-0.15, -0.1) is 11.3 Å². The summed E-state index contributed by atoms with van der Waals surface area (Å²) < 4.78 is 11.1. The Morgan fingerprint density at radius 1 is 1.33 bits per heavy atom. The molecule has 0 bridgehead atoms. The van der Waals surface area contributed by atoms with Crippen LogP contribution in [-0.4, -0.2) is 44.2 Å². The van der Waals surface area contributed by atoms with Crippen LogP contribution in [0.15, 0.2) is 35.7 Å². The number of nitrogens with one attached hydrogen (secondary N) is 1. The lowest BCUT2D eigenvalue weighted by Gasteiger charge is -2.33. The second-order valence-electron chi connectivity index (χ2n) is 6.85. The lowest BCUT2D eigenvalue weighted by atomic mass is 9.97. The molecular formula is C21H28N2O3S. The minimum absolute atomic E-state index is 0.0404. The van der Waals surface area contributed by atoms with Crippen LogP contribution in [0.1, 0.15) is 35.0 Å². The lowest BCUT2D eigenvalue weighted by molar-refractivity contribution is 0.0934. The zero-order valence-electron chi connectivity index (χ0n) is 16.1. The molecular weight excluding hydrogens is 360 g/mol. The first-order valence-corrected chi connectivity index (χ1v) is 10.4. The van der Waals surface area contributed by atoms with Crippen molar-refractivity contribution in [3.05, 3.63) is 46.2 Å². The summed E-state index contributed by atoms with van der Waals surface area (Å²) in [5, 5.41) is 5.02. The molecule has 3 rings (SSSR count). The molecule has 2 aromatic rings. The molecule has 1 aliphatic heterocycles. The Balaban J connectivity index is 1.53. The fourth-order valence-electron chi connectivity index (χ4n) is 3.54. The van der Waals surface area contributed by atoms with E-state index in [1.807, 2.05) is 30.5 Å². The Morgan fingerprint density at radius 2 is 2.22 bits per heavy atom. The van der Waals surface area contributed by atoms with Gasteiger partial charge in [-0.1, -0.05) is 12.1 Å². The molecule has 1 aromatic carbocycles. The maximum absolute atomic E-state index is 12.1. The van der Waals surface area contributed by atoms with Gasteiger partial charge in [0, 0.05) is 19.6 Å². The van der Waals surface area contributed by atoms with Gasteiger partial charge in [-0.2, -0.15) is 0 Å². The van der Waals surface area contributed by atoms with Crippen LogP contribution in [0.5, 0.6) is 11.5 Å². The minimum atomic E-state index is 0.0404. The van der Waals surface area contributed by atoms with Gasteiger partial charge in [0.1, 0.15) is 0 Å². The summed E-state index contributed by atoms with van der Waals surface area (Å²) in [4.78, 5) is 15.4. The van der Waals surface area contributed by atoms with E-state index in [1.165, 1.54) is 16.9 Å². The summed E-state index contributed by atoms with van der Waals surface area (Å²) in [6.45, 7) is 6.31. The quantitative estimate of drug-likeness (QED) is 0.747. The van der Waals surface area contributed by atoms with Crippen molar-refractivity contribution in [2.24, 2.45) is 5.92 Å². The summed E-state index contributed by atoms with van der Waals surface area (Å²) in [7, 11) is 1.66. The maximum Gasteiger partial charge on any atom is 0.261 e. The van der Waals surface area contributed by atoms with Crippen molar-refractivity contribution in [2.45, 2.75) is 26.3 Å². The van der Waals surface area contributed by atoms with Gasteiger partial charge in [0.2, 0.25) is 0 Å². The number of hydrogen-bond donors (Lipinski definition) is 1. The van der Waals surface area contributed by atoms with E-state index in [4.69, 9.17) is 9.47 Å². The molecule has 2 heterocycles. The van der Waals surface area contributed by atoms with E-state index in [2.05, 4.69) is 22.3 Å². The number of hydrogen-bond acceptors (Lipinski definition) is 5. The van der Waals surface area contributed by atoms with E-state index in [9.17, 15) is 4.79 Å². The van der Waals surface area contributed by atoms with E-state index in [0.717, 1.165) is 55.4 Å². The zero-order valence-corrected chi connectivity index (χ0v) is 16.9. The van der Waals surface area contributed by atoms with Crippen LogP contribution in [0.2, 0.25) is 0 Å². The van der Waals surface area contributed by atoms with Gasteiger partial charge < -0.3 is 14.8 Å². The van der Waals surface area contributed by atoms with Crippen LogP contribution in [0.4, 0.5) is 0 Å². The summed E-state index contributed by atoms with van der Waals surface area (Å²) in [6, 6.07) is 9.93. The van der Waals surface area contributed by atoms with E-state index in [1.54, 1.807) is 7.11 Å². The highest BCUT2D eigenvalue weighted by molar-refractivity contribution is 7.12. The molecule has 0 aliphatic carbocycles. The first-order valence-electron chi connectivity index (χ1n) is 9.53. The highest BCUT2D eigenvalue weighted by Gasteiger charge is 2.21. The van der Waals surface area contributed by atoms with Gasteiger partial charge in [0.15, 0.2) is 11.5 Å². The highest BCUT2D eigenvalue weighted by Crippen LogP contribution is 2.29. The fourth-order valence-corrected chi connectivity index (χ4v) is 4.18. The molecule has 1 aromatic heterocycles. The smallest absolute Gasteiger partial charge is 0.261 e. The zero-order chi connectivity index (χ0) is 19.1. The average molecular weight is 389 g/mol. The molecule has 27 heavy (non-hydrogen) atoms. The van der Waals surface area contributed by atoms with E-state index >= 15 is 0 Å². The summed E-state index contributed by atoms with van der Waals surface area (Å²) in [5.41, 5.74) is 1.22. The number of rotatable bonds is 8. The Hall–Kier alpha value is -2.05. The van der Waals surface area contributed by atoms with Crippen LogP contribution >= 0.6 is 11.3 Å². The minimum Gasteiger partial charge on any atom is -0.493 e. The normalized spacial score (nSPS) is 17.5. The van der Waals surface area contributed by atoms with Crippen molar-refractivity contribution < 1.29 is 14.3 Å². The van der Waals surface area contributed by atoms with Crippen molar-refractivity contribution in [2.75, 3.05) is 33.4 Å². The highest BCUT2D eigenvalue weighted by atomic mass is 32.1. The van der Waals surface area contributed by atoms with Crippen LogP contribution in [0, 0.1) is 5.92 Å². The Morgan fingerprint density at radius 3 is 2.96 bits per heavy atom. The van der Waals surface area contributed by atoms with Crippen molar-refractivity contribution in [3.63, 3.8) is 0 Å². The molecule has 0 saturated carbocycles. The number of nitrogens with zero attached hydrogens (tertiary/aromatic N) is 1. The molecule has 1 atom stereocenters. The second-order valence-corrected chi connectivity index (χ2v) is 7.80. The van der Waals surface area contributed by atoms with E-state index < -0.39 is 0 Å². The number of piperidine rings is 1. The predicted octanol–water partition coefficient (Wildman–Crippen LogP) is 3.80. The number of likely N-dealkylation sites (tertiary alicyclic amines) is 1. The molecule has 1 aliphatic rings. The third-order valence-electron chi connectivity index (χ3n) is 4.83. The molecule has 1 N–H and O–H groups in total. The summed E-state index contributed by atoms with van der Waals surface area (Å²) in [5.74, 6) is 2.11. The first-order chi connectivity index (χ1) is 13.2. The maximum atomic E-state index is 12.1. The number of benzene rings is 1. The molecule has 1 amide bonds. The fraction of sp³-hybridized carbons (Fsp3) is 0.476. The lowest BCUT2D eigenvalue weighted by Crippen LogP contribution is -2.40. The molecule has 1 fully saturated rings. The van der Waals surface area contributed by atoms with Crippen molar-refractivity contribution in [3.8, 4) is 11.5 Å². The van der Waals surface area contributed by atoms with Gasteiger partial charge in [-0.25, -0.2) is 0 Å². The molecule has 0 radical (unpaired) electrons. The molecule has 1 saturated heterocycles. The Kier molecular flexibility index (Phi) is 7.12. The average Bonchev–Trinajstić information content (AvgIpc) is 3.22. The number of amides is 1. The Bertz CT molecular complexity index is 733. The molecule has 146 valence electrons. The monoisotopic (exact) mass is 388 g/mol. The van der Waals surface area contributed by atoms with Crippen molar-refractivity contribution in [1.82, 2.24) is 10.2 Å². The van der Waals surface area contributed by atoms with Crippen LogP contribution < -0.4 is 14.8 Å².